The number of ether oxygens (including phenoxy) is 2. The maximum absolute atomic E-state index is 12.8. The van der Waals surface area contributed by atoms with Crippen LogP contribution >= 0.6 is 8.58 Å². The molecule has 1 unspecified atom stereocenters. The molecule has 0 aromatic heterocycles. The fourth-order valence-corrected chi connectivity index (χ4v) is 4.15. The Balaban J connectivity index is 0.00000338. The van der Waals surface area contributed by atoms with E-state index in [0.29, 0.717) is 19.8 Å². The van der Waals surface area contributed by atoms with Crippen LogP contribution in [0.1, 0.15) is 39.5 Å². The van der Waals surface area contributed by atoms with Crippen molar-refractivity contribution in [1.29, 1.82) is 0 Å². The molecule has 0 saturated heterocycles. The summed E-state index contributed by atoms with van der Waals surface area (Å²) in [5, 5.41) is 1.07. The summed E-state index contributed by atoms with van der Waals surface area (Å²) in [6.45, 7) is 11.9. The normalized spacial score (nSPS) is 10.8. The van der Waals surface area contributed by atoms with Crippen molar-refractivity contribution >= 4 is 38.3 Å². The van der Waals surface area contributed by atoms with Crippen LogP contribution in [-0.2, 0) is 4.74 Å². The quantitative estimate of drug-likeness (QED) is 0.401. The molecule has 5 heteroatoms. The molecule has 1 atom stereocenters. The maximum Gasteiger partial charge on any atom is 0.186 e. The molecule has 0 saturated carbocycles. The van der Waals surface area contributed by atoms with Crippen LogP contribution in [0.5, 0.6) is 5.75 Å². The molecule has 0 bridgehead atoms. The Kier molecular flexibility index (Phi) is 9.62. The molecule has 0 amide bonds. The zero-order chi connectivity index (χ0) is 18.4. The van der Waals surface area contributed by atoms with E-state index in [4.69, 9.17) is 9.47 Å². The number of aryl methyl sites for hydroxylation is 4. The molecule has 0 aliphatic heterocycles. The van der Waals surface area contributed by atoms with Gasteiger partial charge in [0.25, 0.3) is 0 Å². The number of benzene rings is 2. The predicted octanol–water partition coefficient (Wildman–Crippen LogP) is 4.10. The van der Waals surface area contributed by atoms with E-state index in [1.807, 2.05) is 45.9 Å². The fourth-order valence-electron chi connectivity index (χ4n) is 2.95. The van der Waals surface area contributed by atoms with E-state index in [-0.39, 0.29) is 33.0 Å². The molecular weight excluding hydrogens is 338 g/mol. The van der Waals surface area contributed by atoms with Crippen LogP contribution in [0.25, 0.3) is 0 Å². The molecule has 0 heterocycles. The molecule has 0 fully saturated rings. The largest absolute Gasteiger partial charge is 0.491 e. The van der Waals surface area contributed by atoms with Gasteiger partial charge in [-0.15, -0.1) is 0 Å². The summed E-state index contributed by atoms with van der Waals surface area (Å²) in [5.74, 6) is 0.820. The fraction of sp³-hybridized carbons (Fsp3) is 0.381. The molecule has 0 aliphatic carbocycles. The molecule has 1 radical (unpaired) electrons. The van der Waals surface area contributed by atoms with Crippen LogP contribution < -0.4 is 10.0 Å². The minimum absolute atomic E-state index is 0. The standard InChI is InChI=1S/C21H27O3P.Li/c1-6-23-9-10-24-18-7-8-19(15(3)13-18)25-21(22)20-16(4)11-14(2)12-17(20)5;/h7-8,11-13,25H,6,9-10H2,1-5H3;. The van der Waals surface area contributed by atoms with E-state index in [9.17, 15) is 4.79 Å². The Morgan fingerprint density at radius 3 is 2.19 bits per heavy atom. The Bertz CT molecular complexity index is 736. The van der Waals surface area contributed by atoms with Crippen LogP contribution in [0.15, 0.2) is 30.3 Å². The molecular formula is C21H27LiO3P. The molecule has 3 nitrogen and oxygen atoms in total. The van der Waals surface area contributed by atoms with Gasteiger partial charge in [-0.2, -0.15) is 0 Å². The second-order valence-electron chi connectivity index (χ2n) is 6.25. The van der Waals surface area contributed by atoms with Crippen LogP contribution in [0.2, 0.25) is 0 Å². The van der Waals surface area contributed by atoms with E-state index in [1.54, 1.807) is 0 Å². The minimum Gasteiger partial charge on any atom is -0.491 e. The minimum atomic E-state index is 0. The first-order valence-corrected chi connectivity index (χ1v) is 9.62. The third kappa shape index (κ3) is 6.25. The molecule has 0 aliphatic rings. The second-order valence-corrected chi connectivity index (χ2v) is 7.49. The summed E-state index contributed by atoms with van der Waals surface area (Å²) < 4.78 is 11.0. The first-order valence-electron chi connectivity index (χ1n) is 8.62. The van der Waals surface area contributed by atoms with Crippen molar-refractivity contribution in [2.45, 2.75) is 34.6 Å². The van der Waals surface area contributed by atoms with Crippen LogP contribution in [-0.4, -0.2) is 44.2 Å². The number of hydrogen-bond acceptors (Lipinski definition) is 3. The monoisotopic (exact) mass is 365 g/mol. The van der Waals surface area contributed by atoms with Crippen LogP contribution in [0.4, 0.5) is 0 Å². The molecule has 2 aromatic carbocycles. The molecule has 0 spiro atoms. The predicted molar refractivity (Wildman–Crippen MR) is 112 cm³/mol. The van der Waals surface area contributed by atoms with E-state index < -0.39 is 0 Å². The Morgan fingerprint density at radius 1 is 0.962 bits per heavy atom. The van der Waals surface area contributed by atoms with Crippen molar-refractivity contribution in [2.75, 3.05) is 19.8 Å². The first-order chi connectivity index (χ1) is 11.9. The smallest absolute Gasteiger partial charge is 0.186 e. The van der Waals surface area contributed by atoms with Gasteiger partial charge in [-0.1, -0.05) is 23.8 Å². The second kappa shape index (κ2) is 10.9. The molecule has 26 heavy (non-hydrogen) atoms. The van der Waals surface area contributed by atoms with Gasteiger partial charge in [-0.05, 0) is 77.3 Å². The average Bonchev–Trinajstić information content (AvgIpc) is 2.53. The maximum atomic E-state index is 12.8. The number of carbonyl (C=O) groups is 1. The van der Waals surface area contributed by atoms with Gasteiger partial charge < -0.3 is 9.47 Å². The first kappa shape index (κ1) is 22.9. The van der Waals surface area contributed by atoms with Gasteiger partial charge in [-0.25, -0.2) is 0 Å². The van der Waals surface area contributed by atoms with Gasteiger partial charge in [0.15, 0.2) is 5.52 Å². The van der Waals surface area contributed by atoms with Crippen molar-refractivity contribution in [3.05, 3.63) is 58.1 Å². The summed E-state index contributed by atoms with van der Waals surface area (Å²) in [6.07, 6.45) is 0. The van der Waals surface area contributed by atoms with Gasteiger partial charge in [-0.3, -0.25) is 4.79 Å². The Hall–Kier alpha value is -1.10. The topological polar surface area (TPSA) is 35.5 Å². The third-order valence-corrected chi connectivity index (χ3v) is 5.36. The average molecular weight is 365 g/mol. The molecule has 2 rings (SSSR count). The van der Waals surface area contributed by atoms with Gasteiger partial charge in [0.05, 0.1) is 6.61 Å². The zero-order valence-corrected chi connectivity index (χ0v) is 17.7. The summed E-state index contributed by atoms with van der Waals surface area (Å²) in [4.78, 5) is 12.8. The number of carbonyl (C=O) groups excluding carboxylic acids is 1. The van der Waals surface area contributed by atoms with Crippen LogP contribution in [0, 0.1) is 27.7 Å². The van der Waals surface area contributed by atoms with Crippen molar-refractivity contribution < 1.29 is 14.3 Å². The summed E-state index contributed by atoms with van der Waals surface area (Å²) >= 11 is 0. The molecule has 2 aromatic rings. The van der Waals surface area contributed by atoms with Crippen molar-refractivity contribution in [1.82, 2.24) is 0 Å². The SMILES string of the molecule is CCOCCOc1ccc(PC(=O)c2c(C)cc(C)cc2C)c(C)c1.[Li]. The van der Waals surface area contributed by atoms with Crippen molar-refractivity contribution in [3.8, 4) is 5.75 Å². The van der Waals surface area contributed by atoms with Gasteiger partial charge in [0, 0.05) is 31.0 Å². The van der Waals surface area contributed by atoms with Crippen molar-refractivity contribution in [2.24, 2.45) is 0 Å². The van der Waals surface area contributed by atoms with Crippen molar-refractivity contribution in [3.63, 3.8) is 0 Å². The Morgan fingerprint density at radius 2 is 1.62 bits per heavy atom. The van der Waals surface area contributed by atoms with Gasteiger partial charge >= 0.3 is 0 Å². The van der Waals surface area contributed by atoms with E-state index in [2.05, 4.69) is 19.1 Å². The summed E-state index contributed by atoms with van der Waals surface area (Å²) in [6, 6.07) is 10.1. The molecule has 0 N–H and O–H groups in total. The summed E-state index contributed by atoms with van der Waals surface area (Å²) in [5.41, 5.74) is 5.46. The Labute approximate surface area is 170 Å². The van der Waals surface area contributed by atoms with E-state index in [1.165, 1.54) is 5.56 Å². The molecule has 135 valence electrons. The van der Waals surface area contributed by atoms with E-state index >= 15 is 0 Å². The number of hydrogen-bond donors (Lipinski definition) is 0. The third-order valence-electron chi connectivity index (χ3n) is 4.05. The zero-order valence-electron chi connectivity index (χ0n) is 16.7. The van der Waals surface area contributed by atoms with Gasteiger partial charge in [0.2, 0.25) is 0 Å². The van der Waals surface area contributed by atoms with Gasteiger partial charge in [0.1, 0.15) is 12.4 Å². The van der Waals surface area contributed by atoms with E-state index in [0.717, 1.165) is 33.3 Å². The van der Waals surface area contributed by atoms with Crippen LogP contribution in [0.3, 0.4) is 0 Å². The summed E-state index contributed by atoms with van der Waals surface area (Å²) in [7, 11) is 0.124. The number of rotatable bonds is 8.